The Hall–Kier alpha value is -1.57. The van der Waals surface area contributed by atoms with Crippen LogP contribution in [0.5, 0.6) is 0 Å². The highest BCUT2D eigenvalue weighted by Crippen LogP contribution is 2.19. The average Bonchev–Trinajstić information content (AvgIpc) is 2.54. The molecule has 1 aliphatic carbocycles. The van der Waals surface area contributed by atoms with Gasteiger partial charge in [-0.15, -0.1) is 0 Å². The lowest BCUT2D eigenvalue weighted by Crippen LogP contribution is -2.02. The maximum atomic E-state index is 11.8. The van der Waals surface area contributed by atoms with Gasteiger partial charge in [0.2, 0.25) is 0 Å². The first kappa shape index (κ1) is 11.9. The van der Waals surface area contributed by atoms with Gasteiger partial charge >= 0.3 is 0 Å². The Labute approximate surface area is 103 Å². The van der Waals surface area contributed by atoms with E-state index in [2.05, 4.69) is 24.4 Å². The Morgan fingerprint density at radius 3 is 2.53 bits per heavy atom. The van der Waals surface area contributed by atoms with Gasteiger partial charge in [-0.05, 0) is 38.3 Å². The van der Waals surface area contributed by atoms with E-state index < -0.39 is 0 Å². The number of ketones is 1. The molecule has 0 atom stereocenters. The number of anilines is 1. The molecule has 0 saturated heterocycles. The van der Waals surface area contributed by atoms with Crippen molar-refractivity contribution in [2.75, 3.05) is 5.32 Å². The van der Waals surface area contributed by atoms with Crippen LogP contribution in [0.2, 0.25) is 0 Å². The molecule has 1 aliphatic rings. The van der Waals surface area contributed by atoms with E-state index >= 15 is 0 Å². The molecule has 1 N–H and O–H groups in total. The van der Waals surface area contributed by atoms with Gasteiger partial charge in [0, 0.05) is 23.9 Å². The summed E-state index contributed by atoms with van der Waals surface area (Å²) in [5.41, 5.74) is 3.23. The Morgan fingerprint density at radius 1 is 1.06 bits per heavy atom. The number of carbonyl (C=O) groups is 1. The predicted molar refractivity (Wildman–Crippen MR) is 71.0 cm³/mol. The van der Waals surface area contributed by atoms with E-state index in [1.807, 2.05) is 18.3 Å². The number of allylic oxidation sites excluding steroid dienone is 1. The number of rotatable bonds is 2. The van der Waals surface area contributed by atoms with Gasteiger partial charge in [-0.1, -0.05) is 24.1 Å². The van der Waals surface area contributed by atoms with Crippen LogP contribution in [-0.4, -0.2) is 5.78 Å². The lowest BCUT2D eigenvalue weighted by atomic mass is 10.1. The normalized spacial score (nSPS) is 19.1. The van der Waals surface area contributed by atoms with Crippen molar-refractivity contribution >= 4 is 11.5 Å². The molecule has 0 spiro atoms. The molecule has 1 aromatic carbocycles. The monoisotopic (exact) mass is 229 g/mol. The SMILES string of the molecule is Cc1ccc(N/C=C2\CCCCCC2=O)cc1. The number of nitrogens with one attached hydrogen (secondary N) is 1. The fourth-order valence-corrected chi connectivity index (χ4v) is 2.05. The second-order valence-electron chi connectivity index (χ2n) is 4.66. The van der Waals surface area contributed by atoms with E-state index in [0.717, 1.165) is 30.5 Å². The maximum absolute atomic E-state index is 11.8. The molecule has 90 valence electrons. The van der Waals surface area contributed by atoms with Crippen molar-refractivity contribution in [3.8, 4) is 0 Å². The maximum Gasteiger partial charge on any atom is 0.160 e. The third-order valence-corrected chi connectivity index (χ3v) is 3.17. The second-order valence-corrected chi connectivity index (χ2v) is 4.66. The summed E-state index contributed by atoms with van der Waals surface area (Å²) in [5.74, 6) is 0.308. The fraction of sp³-hybridized carbons (Fsp3) is 0.400. The zero-order valence-electron chi connectivity index (χ0n) is 10.3. The molecule has 2 heteroatoms. The summed E-state index contributed by atoms with van der Waals surface area (Å²) in [7, 11) is 0. The minimum Gasteiger partial charge on any atom is -0.361 e. The summed E-state index contributed by atoms with van der Waals surface area (Å²) in [6, 6.07) is 8.20. The van der Waals surface area contributed by atoms with Crippen LogP contribution in [0.3, 0.4) is 0 Å². The third kappa shape index (κ3) is 3.45. The van der Waals surface area contributed by atoms with Gasteiger partial charge in [0.05, 0.1) is 0 Å². The lowest BCUT2D eigenvalue weighted by molar-refractivity contribution is -0.115. The topological polar surface area (TPSA) is 29.1 Å². The van der Waals surface area contributed by atoms with Gasteiger partial charge in [0.25, 0.3) is 0 Å². The van der Waals surface area contributed by atoms with E-state index in [4.69, 9.17) is 0 Å². The minimum absolute atomic E-state index is 0.308. The molecule has 0 bridgehead atoms. The molecule has 1 aromatic rings. The van der Waals surface area contributed by atoms with Crippen LogP contribution >= 0.6 is 0 Å². The molecule has 0 aliphatic heterocycles. The number of hydrogen-bond donors (Lipinski definition) is 1. The lowest BCUT2D eigenvalue weighted by Gasteiger charge is -2.05. The summed E-state index contributed by atoms with van der Waals surface area (Å²) in [5, 5.41) is 3.22. The van der Waals surface area contributed by atoms with E-state index in [1.54, 1.807) is 0 Å². The van der Waals surface area contributed by atoms with Gasteiger partial charge in [-0.25, -0.2) is 0 Å². The highest BCUT2D eigenvalue weighted by atomic mass is 16.1. The molecule has 17 heavy (non-hydrogen) atoms. The fourth-order valence-electron chi connectivity index (χ4n) is 2.05. The number of Topliss-reactive ketones (excluding diaryl/α,β-unsaturated/α-hetero) is 1. The molecule has 0 radical (unpaired) electrons. The van der Waals surface area contributed by atoms with Crippen LogP contribution in [0.15, 0.2) is 36.0 Å². The Kier molecular flexibility index (Phi) is 3.97. The molecular weight excluding hydrogens is 210 g/mol. The van der Waals surface area contributed by atoms with Gasteiger partial charge in [-0.2, -0.15) is 0 Å². The van der Waals surface area contributed by atoms with Crippen molar-refractivity contribution in [3.63, 3.8) is 0 Å². The zero-order valence-corrected chi connectivity index (χ0v) is 10.3. The highest BCUT2D eigenvalue weighted by molar-refractivity contribution is 5.95. The van der Waals surface area contributed by atoms with Crippen LogP contribution in [-0.2, 0) is 4.79 Å². The quantitative estimate of drug-likeness (QED) is 0.617. The molecule has 2 nitrogen and oxygen atoms in total. The molecule has 1 saturated carbocycles. The molecule has 1 fully saturated rings. The van der Waals surface area contributed by atoms with Crippen LogP contribution in [0, 0.1) is 6.92 Å². The molecule has 0 heterocycles. The standard InChI is InChI=1S/C15H19NO/c1-12-7-9-14(10-8-12)16-11-13-5-3-2-4-6-15(13)17/h7-11,16H,2-6H2,1H3/b13-11+. The second kappa shape index (κ2) is 5.67. The van der Waals surface area contributed by atoms with Crippen molar-refractivity contribution in [3.05, 3.63) is 41.6 Å². The van der Waals surface area contributed by atoms with Gasteiger partial charge in [0.1, 0.15) is 0 Å². The summed E-state index contributed by atoms with van der Waals surface area (Å²) >= 11 is 0. The van der Waals surface area contributed by atoms with E-state index in [9.17, 15) is 4.79 Å². The Balaban J connectivity index is 2.03. The van der Waals surface area contributed by atoms with Crippen molar-refractivity contribution in [1.82, 2.24) is 0 Å². The van der Waals surface area contributed by atoms with Crippen LogP contribution in [0.4, 0.5) is 5.69 Å². The van der Waals surface area contributed by atoms with Gasteiger partial charge < -0.3 is 5.32 Å². The summed E-state index contributed by atoms with van der Waals surface area (Å²) in [4.78, 5) is 11.8. The number of hydrogen-bond acceptors (Lipinski definition) is 2. The summed E-state index contributed by atoms with van der Waals surface area (Å²) in [6.07, 6.45) is 6.86. The van der Waals surface area contributed by atoms with Crippen LogP contribution in [0.1, 0.15) is 37.7 Å². The Morgan fingerprint density at radius 2 is 1.76 bits per heavy atom. The van der Waals surface area contributed by atoms with Crippen molar-refractivity contribution in [1.29, 1.82) is 0 Å². The summed E-state index contributed by atoms with van der Waals surface area (Å²) in [6.45, 7) is 2.07. The molecule has 0 aromatic heterocycles. The van der Waals surface area contributed by atoms with Crippen LogP contribution in [0.25, 0.3) is 0 Å². The molecular formula is C15H19NO. The largest absolute Gasteiger partial charge is 0.361 e. The molecule has 0 unspecified atom stereocenters. The first-order chi connectivity index (χ1) is 8.25. The zero-order chi connectivity index (χ0) is 12.1. The summed E-state index contributed by atoms with van der Waals surface area (Å²) < 4.78 is 0. The van der Waals surface area contributed by atoms with Crippen molar-refractivity contribution in [2.45, 2.75) is 39.0 Å². The van der Waals surface area contributed by atoms with E-state index in [1.165, 1.54) is 12.0 Å². The number of aryl methyl sites for hydroxylation is 1. The van der Waals surface area contributed by atoms with Gasteiger partial charge in [-0.3, -0.25) is 4.79 Å². The van der Waals surface area contributed by atoms with E-state index in [0.29, 0.717) is 12.2 Å². The van der Waals surface area contributed by atoms with E-state index in [-0.39, 0.29) is 0 Å². The minimum atomic E-state index is 0.308. The highest BCUT2D eigenvalue weighted by Gasteiger charge is 2.12. The smallest absolute Gasteiger partial charge is 0.160 e. The van der Waals surface area contributed by atoms with Crippen molar-refractivity contribution in [2.24, 2.45) is 0 Å². The number of carbonyl (C=O) groups excluding carboxylic acids is 1. The van der Waals surface area contributed by atoms with Crippen molar-refractivity contribution < 1.29 is 4.79 Å². The Bertz CT molecular complexity index is 417. The predicted octanol–water partition coefficient (Wildman–Crippen LogP) is 3.82. The number of benzene rings is 1. The molecule has 2 rings (SSSR count). The first-order valence-electron chi connectivity index (χ1n) is 6.31. The molecule has 0 amide bonds. The van der Waals surface area contributed by atoms with Gasteiger partial charge in [0.15, 0.2) is 5.78 Å². The van der Waals surface area contributed by atoms with Crippen LogP contribution < -0.4 is 5.32 Å². The third-order valence-electron chi connectivity index (χ3n) is 3.17. The average molecular weight is 229 g/mol. The first-order valence-corrected chi connectivity index (χ1v) is 6.31.